The lowest BCUT2D eigenvalue weighted by Crippen LogP contribution is -2.40. The van der Waals surface area contributed by atoms with Gasteiger partial charge in [-0.2, -0.15) is 0 Å². The number of carboxylic acids is 1. The Morgan fingerprint density at radius 1 is 1.33 bits per heavy atom. The smallest absolute Gasteiger partial charge is 0.326 e. The molecule has 1 rings (SSSR count). The maximum absolute atomic E-state index is 11.7. The zero-order chi connectivity index (χ0) is 15.8. The van der Waals surface area contributed by atoms with E-state index in [0.717, 1.165) is 10.0 Å². The molecule has 0 fully saturated rings. The van der Waals surface area contributed by atoms with Crippen molar-refractivity contribution in [1.29, 1.82) is 0 Å². The molecule has 0 aliphatic heterocycles. The van der Waals surface area contributed by atoms with Crippen LogP contribution in [0.5, 0.6) is 0 Å². The normalized spacial score (nSPS) is 12.0. The number of hydrogen-bond donors (Lipinski definition) is 3. The summed E-state index contributed by atoms with van der Waals surface area (Å²) in [7, 11) is 0. The first-order chi connectivity index (χ1) is 9.90. The van der Waals surface area contributed by atoms with Crippen molar-refractivity contribution in [1.82, 2.24) is 5.32 Å². The number of amides is 2. The molecule has 0 saturated carbocycles. The van der Waals surface area contributed by atoms with Crippen LogP contribution in [0.3, 0.4) is 0 Å². The third-order valence-electron chi connectivity index (χ3n) is 2.61. The van der Waals surface area contributed by atoms with Crippen molar-refractivity contribution < 1.29 is 19.5 Å². The number of benzene rings is 1. The first-order valence-electron chi connectivity index (χ1n) is 6.14. The average molecular weight is 355 g/mol. The molecule has 112 valence electrons. The van der Waals surface area contributed by atoms with Gasteiger partial charge in [0.25, 0.3) is 0 Å². The van der Waals surface area contributed by atoms with E-state index in [0.29, 0.717) is 0 Å². The SMILES string of the molecule is NC(=O)CC[C@H](NC(=O)/C=C/c1ccccc1Br)C(=O)O. The molecule has 0 aromatic heterocycles. The van der Waals surface area contributed by atoms with E-state index in [4.69, 9.17) is 10.8 Å². The molecule has 4 N–H and O–H groups in total. The van der Waals surface area contributed by atoms with Crippen molar-refractivity contribution in [2.75, 3.05) is 0 Å². The molecule has 1 aromatic carbocycles. The summed E-state index contributed by atoms with van der Waals surface area (Å²) in [5.74, 6) is -2.37. The highest BCUT2D eigenvalue weighted by atomic mass is 79.9. The van der Waals surface area contributed by atoms with Crippen LogP contribution in [0.4, 0.5) is 0 Å². The van der Waals surface area contributed by atoms with Gasteiger partial charge in [0.05, 0.1) is 0 Å². The largest absolute Gasteiger partial charge is 0.480 e. The van der Waals surface area contributed by atoms with E-state index in [1.807, 2.05) is 18.2 Å². The minimum atomic E-state index is -1.21. The Morgan fingerprint density at radius 3 is 2.57 bits per heavy atom. The first kappa shape index (κ1) is 16.9. The van der Waals surface area contributed by atoms with Gasteiger partial charge in [0.2, 0.25) is 11.8 Å². The Kier molecular flexibility index (Phi) is 6.61. The van der Waals surface area contributed by atoms with E-state index in [-0.39, 0.29) is 12.8 Å². The van der Waals surface area contributed by atoms with Crippen molar-refractivity contribution >= 4 is 39.8 Å². The lowest BCUT2D eigenvalue weighted by atomic mass is 10.1. The first-order valence-corrected chi connectivity index (χ1v) is 6.93. The number of carbonyl (C=O) groups excluding carboxylic acids is 2. The number of carboxylic acid groups (broad SMARTS) is 1. The summed E-state index contributed by atoms with van der Waals surface area (Å²) in [5, 5.41) is 11.3. The molecule has 0 spiro atoms. The van der Waals surface area contributed by atoms with E-state index in [1.165, 1.54) is 6.08 Å². The number of primary amides is 1. The maximum atomic E-state index is 11.7. The summed E-state index contributed by atoms with van der Waals surface area (Å²) in [6.07, 6.45) is 2.65. The van der Waals surface area contributed by atoms with Crippen molar-refractivity contribution in [3.63, 3.8) is 0 Å². The molecule has 6 nitrogen and oxygen atoms in total. The highest BCUT2D eigenvalue weighted by Crippen LogP contribution is 2.16. The molecule has 1 aromatic rings. The fraction of sp³-hybridized carbons (Fsp3) is 0.214. The van der Waals surface area contributed by atoms with Crippen molar-refractivity contribution in [2.24, 2.45) is 5.73 Å². The van der Waals surface area contributed by atoms with Gasteiger partial charge >= 0.3 is 5.97 Å². The summed E-state index contributed by atoms with van der Waals surface area (Å²) in [5.41, 5.74) is 5.75. The standard InChI is InChI=1S/C14H15BrN2O4/c15-10-4-2-1-3-9(10)5-8-13(19)17-11(14(20)21)6-7-12(16)18/h1-5,8,11H,6-7H2,(H2,16,18)(H,17,19)(H,20,21)/b8-5+/t11-/m0/s1. The second kappa shape index (κ2) is 8.21. The molecule has 1 atom stereocenters. The molecular weight excluding hydrogens is 340 g/mol. The van der Waals surface area contributed by atoms with Crippen LogP contribution in [0, 0.1) is 0 Å². The van der Waals surface area contributed by atoms with Gasteiger partial charge in [0.1, 0.15) is 6.04 Å². The summed E-state index contributed by atoms with van der Waals surface area (Å²) in [4.78, 5) is 33.3. The van der Waals surface area contributed by atoms with E-state index < -0.39 is 23.8 Å². The van der Waals surface area contributed by atoms with E-state index in [2.05, 4.69) is 21.2 Å². The number of nitrogens with one attached hydrogen (secondary N) is 1. The van der Waals surface area contributed by atoms with Gasteiger partial charge in [0, 0.05) is 17.0 Å². The molecular formula is C14H15BrN2O4. The predicted molar refractivity (Wildman–Crippen MR) is 81.2 cm³/mol. The highest BCUT2D eigenvalue weighted by Gasteiger charge is 2.19. The van der Waals surface area contributed by atoms with Crippen molar-refractivity contribution in [3.05, 3.63) is 40.4 Å². The summed E-state index contributed by atoms with van der Waals surface area (Å²) in [6, 6.07) is 6.13. The minimum absolute atomic E-state index is 0.0424. The lowest BCUT2D eigenvalue weighted by Gasteiger charge is -2.11. The van der Waals surface area contributed by atoms with E-state index >= 15 is 0 Å². The van der Waals surface area contributed by atoms with Crippen molar-refractivity contribution in [3.8, 4) is 0 Å². The minimum Gasteiger partial charge on any atom is -0.480 e. The monoisotopic (exact) mass is 354 g/mol. The van der Waals surface area contributed by atoms with Gasteiger partial charge < -0.3 is 16.2 Å². The zero-order valence-corrected chi connectivity index (χ0v) is 12.7. The molecule has 0 bridgehead atoms. The number of aliphatic carboxylic acids is 1. The van der Waals surface area contributed by atoms with Gasteiger partial charge in [-0.25, -0.2) is 4.79 Å². The highest BCUT2D eigenvalue weighted by molar-refractivity contribution is 9.10. The molecule has 0 heterocycles. The summed E-state index contributed by atoms with van der Waals surface area (Å²) in [6.45, 7) is 0. The molecule has 21 heavy (non-hydrogen) atoms. The Balaban J connectivity index is 2.64. The molecule has 0 unspecified atom stereocenters. The van der Waals surface area contributed by atoms with Crippen LogP contribution in [0.15, 0.2) is 34.8 Å². The quantitative estimate of drug-likeness (QED) is 0.641. The summed E-state index contributed by atoms with van der Waals surface area (Å²) >= 11 is 3.33. The topological polar surface area (TPSA) is 109 Å². The van der Waals surface area contributed by atoms with Gasteiger partial charge in [-0.1, -0.05) is 34.1 Å². The number of carbonyl (C=O) groups is 3. The van der Waals surface area contributed by atoms with Crippen LogP contribution in [-0.4, -0.2) is 28.9 Å². The van der Waals surface area contributed by atoms with Crippen LogP contribution in [0.25, 0.3) is 6.08 Å². The average Bonchev–Trinajstić information content (AvgIpc) is 2.42. The van der Waals surface area contributed by atoms with Crippen LogP contribution < -0.4 is 11.1 Å². The fourth-order valence-electron chi connectivity index (χ4n) is 1.54. The second-order valence-electron chi connectivity index (χ2n) is 4.26. The third kappa shape index (κ3) is 6.22. The van der Waals surface area contributed by atoms with Gasteiger partial charge in [-0.3, -0.25) is 9.59 Å². The summed E-state index contributed by atoms with van der Waals surface area (Å²) < 4.78 is 0.817. The van der Waals surface area contributed by atoms with Gasteiger partial charge in [-0.05, 0) is 24.1 Å². The van der Waals surface area contributed by atoms with E-state index in [9.17, 15) is 14.4 Å². The zero-order valence-electron chi connectivity index (χ0n) is 11.1. The maximum Gasteiger partial charge on any atom is 0.326 e. The van der Waals surface area contributed by atoms with Crippen LogP contribution in [0.1, 0.15) is 18.4 Å². The van der Waals surface area contributed by atoms with Crippen LogP contribution >= 0.6 is 15.9 Å². The number of rotatable bonds is 7. The molecule has 2 amide bonds. The van der Waals surface area contributed by atoms with Crippen LogP contribution in [-0.2, 0) is 14.4 Å². The number of nitrogens with two attached hydrogens (primary N) is 1. The predicted octanol–water partition coefficient (Wildman–Crippen LogP) is 1.30. The Bertz CT molecular complexity index is 572. The third-order valence-corrected chi connectivity index (χ3v) is 3.34. The Morgan fingerprint density at radius 2 is 2.00 bits per heavy atom. The number of hydrogen-bond acceptors (Lipinski definition) is 3. The van der Waals surface area contributed by atoms with Gasteiger partial charge in [0.15, 0.2) is 0 Å². The molecule has 0 aliphatic rings. The molecule has 0 radical (unpaired) electrons. The number of halogens is 1. The molecule has 0 saturated heterocycles. The van der Waals surface area contributed by atoms with Gasteiger partial charge in [-0.15, -0.1) is 0 Å². The fourth-order valence-corrected chi connectivity index (χ4v) is 1.96. The molecule has 7 heteroatoms. The van der Waals surface area contributed by atoms with Crippen LogP contribution in [0.2, 0.25) is 0 Å². The van der Waals surface area contributed by atoms with Crippen molar-refractivity contribution in [2.45, 2.75) is 18.9 Å². The van der Waals surface area contributed by atoms with E-state index in [1.54, 1.807) is 12.1 Å². The lowest BCUT2D eigenvalue weighted by molar-refractivity contribution is -0.141. The Labute approximate surface area is 130 Å². The second-order valence-corrected chi connectivity index (χ2v) is 5.11. The molecule has 0 aliphatic carbocycles. The Hall–Kier alpha value is -2.15.